The predicted octanol–water partition coefficient (Wildman–Crippen LogP) is 6.96. The molecule has 1 aromatic carbocycles. The Hall–Kier alpha value is -4.78. The van der Waals surface area contributed by atoms with Gasteiger partial charge in [0.15, 0.2) is 0 Å². The van der Waals surface area contributed by atoms with E-state index in [9.17, 15) is 0 Å². The van der Waals surface area contributed by atoms with E-state index in [1.54, 1.807) is 6.20 Å². The third-order valence-electron chi connectivity index (χ3n) is 7.28. The first-order valence-corrected chi connectivity index (χ1v) is 12.5. The van der Waals surface area contributed by atoms with Crippen LogP contribution in [0.25, 0.3) is 55.6 Å². The summed E-state index contributed by atoms with van der Waals surface area (Å²) in [7, 11) is 0. The second-order valence-corrected chi connectivity index (χ2v) is 9.62. The highest BCUT2D eigenvalue weighted by Crippen LogP contribution is 2.35. The van der Waals surface area contributed by atoms with Gasteiger partial charge in [-0.25, -0.2) is 0 Å². The summed E-state index contributed by atoms with van der Waals surface area (Å²) in [4.78, 5) is 16.9. The van der Waals surface area contributed by atoms with Gasteiger partial charge < -0.3 is 10.3 Å². The lowest BCUT2D eigenvalue weighted by Crippen LogP contribution is -2.18. The number of benzene rings is 1. The van der Waals surface area contributed by atoms with Gasteiger partial charge in [0.25, 0.3) is 0 Å². The van der Waals surface area contributed by atoms with Gasteiger partial charge in [-0.3, -0.25) is 20.1 Å². The Morgan fingerprint density at radius 2 is 1.73 bits per heavy atom. The van der Waals surface area contributed by atoms with Crippen molar-refractivity contribution in [3.63, 3.8) is 0 Å². The minimum Gasteiger partial charge on any atom is -0.358 e. The molecule has 1 aliphatic carbocycles. The summed E-state index contributed by atoms with van der Waals surface area (Å²) in [6.45, 7) is 4.23. The van der Waals surface area contributed by atoms with Gasteiger partial charge in [-0.05, 0) is 66.8 Å². The van der Waals surface area contributed by atoms with Crippen LogP contribution in [0.2, 0.25) is 0 Å². The molecular formula is C30H25N7. The van der Waals surface area contributed by atoms with E-state index in [4.69, 9.17) is 0 Å². The number of allylic oxidation sites excluding steroid dienone is 1. The van der Waals surface area contributed by atoms with Crippen LogP contribution >= 0.6 is 0 Å². The van der Waals surface area contributed by atoms with Crippen molar-refractivity contribution in [3.8, 4) is 33.8 Å². The van der Waals surface area contributed by atoms with E-state index in [1.807, 2.05) is 43.0 Å². The molecule has 0 radical (unpaired) electrons. The maximum atomic E-state index is 4.66. The van der Waals surface area contributed by atoms with E-state index in [0.717, 1.165) is 67.0 Å². The highest BCUT2D eigenvalue weighted by Gasteiger charge is 2.20. The van der Waals surface area contributed by atoms with E-state index in [-0.39, 0.29) is 0 Å². The van der Waals surface area contributed by atoms with E-state index < -0.39 is 0 Å². The predicted molar refractivity (Wildman–Crippen MR) is 148 cm³/mol. The first-order chi connectivity index (χ1) is 18.2. The third kappa shape index (κ3) is 3.85. The number of anilines is 1. The average molecular weight is 484 g/mol. The number of H-pyrrole nitrogens is 2. The van der Waals surface area contributed by atoms with Crippen molar-refractivity contribution in [2.75, 3.05) is 5.32 Å². The second-order valence-electron chi connectivity index (χ2n) is 9.62. The van der Waals surface area contributed by atoms with Crippen molar-refractivity contribution in [2.24, 2.45) is 5.92 Å². The zero-order valence-corrected chi connectivity index (χ0v) is 20.2. The largest absolute Gasteiger partial charge is 0.358 e. The molecular weight excluding hydrogens is 458 g/mol. The molecule has 7 rings (SSSR count). The molecule has 7 nitrogen and oxygen atoms in total. The fraction of sp³-hybridized carbons (Fsp3) is 0.133. The van der Waals surface area contributed by atoms with Gasteiger partial charge in [-0.15, -0.1) is 0 Å². The number of aromatic nitrogens is 6. The number of nitrogens with zero attached hydrogens (tertiary/aromatic N) is 4. The molecule has 180 valence electrons. The molecule has 0 saturated heterocycles. The first kappa shape index (κ1) is 21.5. The lowest BCUT2D eigenvalue weighted by Gasteiger charge is -2.28. The third-order valence-corrected chi connectivity index (χ3v) is 7.28. The van der Waals surface area contributed by atoms with Crippen molar-refractivity contribution in [3.05, 3.63) is 91.8 Å². The fourth-order valence-corrected chi connectivity index (χ4v) is 5.02. The molecule has 0 atom stereocenters. The van der Waals surface area contributed by atoms with E-state index >= 15 is 0 Å². The van der Waals surface area contributed by atoms with Crippen molar-refractivity contribution in [2.45, 2.75) is 19.3 Å². The van der Waals surface area contributed by atoms with Crippen LogP contribution in [0.4, 0.5) is 5.69 Å². The molecule has 0 aliphatic heterocycles. The number of nitrogens with one attached hydrogen (secondary N) is 3. The van der Waals surface area contributed by atoms with Crippen LogP contribution in [-0.2, 0) is 0 Å². The molecule has 5 heterocycles. The molecule has 5 aromatic heterocycles. The molecule has 7 heteroatoms. The van der Waals surface area contributed by atoms with Gasteiger partial charge in [0.2, 0.25) is 0 Å². The highest BCUT2D eigenvalue weighted by molar-refractivity contribution is 6.00. The Bertz CT molecular complexity index is 1760. The zero-order valence-electron chi connectivity index (χ0n) is 20.2. The quantitative estimate of drug-likeness (QED) is 0.238. The lowest BCUT2D eigenvalue weighted by molar-refractivity contribution is 0.371. The Morgan fingerprint density at radius 3 is 2.57 bits per heavy atom. The maximum absolute atomic E-state index is 4.66. The molecule has 1 saturated carbocycles. The molecule has 0 spiro atoms. The summed E-state index contributed by atoms with van der Waals surface area (Å²) in [5.41, 5.74) is 9.82. The molecule has 0 amide bonds. The normalized spacial score (nSPS) is 13.6. The molecule has 6 aromatic rings. The number of hydrogen-bond donors (Lipinski definition) is 3. The minimum atomic E-state index is 0.568. The maximum Gasteiger partial charge on any atom is 0.116 e. The first-order valence-electron chi connectivity index (χ1n) is 12.5. The van der Waals surface area contributed by atoms with Crippen molar-refractivity contribution in [1.29, 1.82) is 0 Å². The van der Waals surface area contributed by atoms with Gasteiger partial charge in [-0.2, -0.15) is 5.10 Å². The van der Waals surface area contributed by atoms with E-state index in [2.05, 4.69) is 72.4 Å². The summed E-state index contributed by atoms with van der Waals surface area (Å²) < 4.78 is 0. The lowest BCUT2D eigenvalue weighted by atomic mass is 9.83. The number of hydrogen-bond acceptors (Lipinski definition) is 5. The van der Waals surface area contributed by atoms with Crippen LogP contribution < -0.4 is 5.32 Å². The number of fused-ring (bicyclic) bond motifs is 2. The zero-order chi connectivity index (χ0) is 24.8. The van der Waals surface area contributed by atoms with Gasteiger partial charge >= 0.3 is 0 Å². The standard InChI is InChI=1S/C30H25N7/c1-18(19-4-2-5-19)34-23-12-22(16-32-17-23)20-7-8-27-24(13-20)30(37-36-27)28-14-25-26(35-28)9-11-33-29(25)21-6-3-10-31-15-21/h3,6-17,19,34-35H,1-2,4-5H2,(H,36,37). The van der Waals surface area contributed by atoms with Crippen molar-refractivity contribution in [1.82, 2.24) is 30.1 Å². The van der Waals surface area contributed by atoms with Gasteiger partial charge in [0.1, 0.15) is 5.69 Å². The topological polar surface area (TPSA) is 95.2 Å². The highest BCUT2D eigenvalue weighted by atomic mass is 15.1. The van der Waals surface area contributed by atoms with Crippen LogP contribution in [0.1, 0.15) is 19.3 Å². The van der Waals surface area contributed by atoms with Crippen molar-refractivity contribution < 1.29 is 0 Å². The molecule has 37 heavy (non-hydrogen) atoms. The van der Waals surface area contributed by atoms with Crippen molar-refractivity contribution >= 4 is 27.5 Å². The minimum absolute atomic E-state index is 0.568. The fourth-order valence-electron chi connectivity index (χ4n) is 5.02. The monoisotopic (exact) mass is 483 g/mol. The molecule has 0 unspecified atom stereocenters. The number of aromatic amines is 2. The smallest absolute Gasteiger partial charge is 0.116 e. The summed E-state index contributed by atoms with van der Waals surface area (Å²) in [5.74, 6) is 0.568. The molecule has 1 aliphatic rings. The van der Waals surface area contributed by atoms with Crippen LogP contribution in [-0.4, -0.2) is 30.1 Å². The molecule has 1 fully saturated rings. The Morgan fingerprint density at radius 1 is 0.838 bits per heavy atom. The summed E-state index contributed by atoms with van der Waals surface area (Å²) in [6, 6.07) is 16.5. The molecule has 0 bridgehead atoms. The average Bonchev–Trinajstić information content (AvgIpc) is 3.52. The number of pyridine rings is 3. The van der Waals surface area contributed by atoms with Crippen LogP contribution in [0, 0.1) is 5.92 Å². The van der Waals surface area contributed by atoms with E-state index in [0.29, 0.717) is 5.92 Å². The SMILES string of the molecule is C=C(Nc1cncc(-c2ccc3[nH]nc(-c4cc5c(-c6cccnc6)nccc5[nH]4)c3c2)c1)C1CCC1. The van der Waals surface area contributed by atoms with Gasteiger partial charge in [0, 0.05) is 57.9 Å². The van der Waals surface area contributed by atoms with Crippen LogP contribution in [0.5, 0.6) is 0 Å². The Balaban J connectivity index is 1.26. The Labute approximate surface area is 213 Å². The number of rotatable bonds is 6. The summed E-state index contributed by atoms with van der Waals surface area (Å²) in [6.07, 6.45) is 12.9. The van der Waals surface area contributed by atoms with Gasteiger partial charge in [-0.1, -0.05) is 19.1 Å². The van der Waals surface area contributed by atoms with Gasteiger partial charge in [0.05, 0.1) is 28.8 Å². The second kappa shape index (κ2) is 8.71. The van der Waals surface area contributed by atoms with Crippen LogP contribution in [0.15, 0.2) is 91.8 Å². The summed E-state index contributed by atoms with van der Waals surface area (Å²) >= 11 is 0. The summed E-state index contributed by atoms with van der Waals surface area (Å²) in [5, 5.41) is 13.4. The van der Waals surface area contributed by atoms with E-state index in [1.165, 1.54) is 19.3 Å². The Kier molecular flexibility index (Phi) is 5.06. The molecule has 3 N–H and O–H groups in total. The van der Waals surface area contributed by atoms with Crippen LogP contribution in [0.3, 0.4) is 0 Å².